The van der Waals surface area contributed by atoms with Crippen LogP contribution in [0.1, 0.15) is 36.2 Å². The molecule has 1 aromatic rings. The van der Waals surface area contributed by atoms with Gasteiger partial charge in [0.15, 0.2) is 11.5 Å². The Hall–Kier alpha value is -1.73. The SMILES string of the molecule is NNc1ccc(C(=O)NCCC2CCCCO2)nn1. The molecule has 1 saturated heterocycles. The molecule has 19 heavy (non-hydrogen) atoms. The van der Waals surface area contributed by atoms with Gasteiger partial charge < -0.3 is 15.5 Å². The molecule has 1 aromatic heterocycles. The van der Waals surface area contributed by atoms with Crippen molar-refractivity contribution in [2.75, 3.05) is 18.6 Å². The lowest BCUT2D eigenvalue weighted by atomic mass is 10.1. The van der Waals surface area contributed by atoms with Gasteiger partial charge in [-0.1, -0.05) is 0 Å². The molecule has 1 amide bonds. The fraction of sp³-hybridized carbons (Fsp3) is 0.583. The van der Waals surface area contributed by atoms with Crippen molar-refractivity contribution in [1.82, 2.24) is 15.5 Å². The van der Waals surface area contributed by atoms with E-state index in [9.17, 15) is 4.79 Å². The van der Waals surface area contributed by atoms with Crippen LogP contribution in [0.5, 0.6) is 0 Å². The molecular weight excluding hydrogens is 246 g/mol. The predicted molar refractivity (Wildman–Crippen MR) is 70.4 cm³/mol. The zero-order valence-electron chi connectivity index (χ0n) is 10.8. The van der Waals surface area contributed by atoms with Crippen LogP contribution in [0.2, 0.25) is 0 Å². The first-order chi connectivity index (χ1) is 9.29. The first kappa shape index (κ1) is 13.7. The van der Waals surface area contributed by atoms with E-state index < -0.39 is 0 Å². The van der Waals surface area contributed by atoms with Crippen LogP contribution >= 0.6 is 0 Å². The highest BCUT2D eigenvalue weighted by Gasteiger charge is 2.14. The van der Waals surface area contributed by atoms with Crippen molar-refractivity contribution in [1.29, 1.82) is 0 Å². The normalized spacial score (nSPS) is 18.9. The van der Waals surface area contributed by atoms with Crippen LogP contribution in [0, 0.1) is 0 Å². The van der Waals surface area contributed by atoms with Gasteiger partial charge in [0.05, 0.1) is 6.10 Å². The Bertz CT molecular complexity index is 403. The number of nitrogen functional groups attached to an aromatic ring is 1. The summed E-state index contributed by atoms with van der Waals surface area (Å²) in [5, 5.41) is 10.3. The summed E-state index contributed by atoms with van der Waals surface area (Å²) in [7, 11) is 0. The smallest absolute Gasteiger partial charge is 0.271 e. The third-order valence-electron chi connectivity index (χ3n) is 3.07. The number of hydrogen-bond donors (Lipinski definition) is 3. The molecule has 0 aromatic carbocycles. The number of carbonyl (C=O) groups excluding carboxylic acids is 1. The number of aromatic nitrogens is 2. The Morgan fingerprint density at radius 3 is 2.95 bits per heavy atom. The minimum absolute atomic E-state index is 0.230. The molecule has 0 spiro atoms. The monoisotopic (exact) mass is 265 g/mol. The first-order valence-electron chi connectivity index (χ1n) is 6.50. The predicted octanol–water partition coefficient (Wildman–Crippen LogP) is 0.451. The van der Waals surface area contributed by atoms with E-state index in [0.29, 0.717) is 12.4 Å². The van der Waals surface area contributed by atoms with Crippen molar-refractivity contribution in [3.05, 3.63) is 17.8 Å². The van der Waals surface area contributed by atoms with Crippen LogP contribution in [-0.2, 0) is 4.74 Å². The molecule has 7 nitrogen and oxygen atoms in total. The number of ether oxygens (including phenoxy) is 1. The maximum absolute atomic E-state index is 11.8. The fourth-order valence-corrected chi connectivity index (χ4v) is 2.00. The molecule has 4 N–H and O–H groups in total. The number of carbonyl (C=O) groups is 1. The topological polar surface area (TPSA) is 102 Å². The van der Waals surface area contributed by atoms with E-state index in [1.807, 2.05) is 0 Å². The van der Waals surface area contributed by atoms with Gasteiger partial charge >= 0.3 is 0 Å². The van der Waals surface area contributed by atoms with Gasteiger partial charge in [-0.05, 0) is 37.8 Å². The van der Waals surface area contributed by atoms with Crippen LogP contribution < -0.4 is 16.6 Å². The van der Waals surface area contributed by atoms with Gasteiger partial charge in [0.1, 0.15) is 0 Å². The van der Waals surface area contributed by atoms with Crippen molar-refractivity contribution in [2.24, 2.45) is 5.84 Å². The van der Waals surface area contributed by atoms with Crippen molar-refractivity contribution >= 4 is 11.7 Å². The summed E-state index contributed by atoms with van der Waals surface area (Å²) in [6.07, 6.45) is 4.52. The van der Waals surface area contributed by atoms with Crippen LogP contribution in [0.3, 0.4) is 0 Å². The van der Waals surface area contributed by atoms with E-state index in [2.05, 4.69) is 20.9 Å². The molecule has 0 aliphatic carbocycles. The standard InChI is InChI=1S/C12H19N5O2/c13-15-11-5-4-10(16-17-11)12(18)14-7-6-9-3-1-2-8-19-9/h4-5,9H,1-3,6-8,13H2,(H,14,18)(H,15,17). The van der Waals surface area contributed by atoms with Gasteiger partial charge in [0, 0.05) is 13.2 Å². The lowest BCUT2D eigenvalue weighted by Gasteiger charge is -2.22. The Morgan fingerprint density at radius 1 is 1.42 bits per heavy atom. The zero-order chi connectivity index (χ0) is 13.5. The molecule has 0 radical (unpaired) electrons. The largest absolute Gasteiger partial charge is 0.378 e. The van der Waals surface area contributed by atoms with E-state index in [-0.39, 0.29) is 17.7 Å². The van der Waals surface area contributed by atoms with Gasteiger partial charge in [-0.15, -0.1) is 10.2 Å². The highest BCUT2D eigenvalue weighted by Crippen LogP contribution is 2.14. The molecule has 0 bridgehead atoms. The Kier molecular flexibility index (Phi) is 5.05. The van der Waals surface area contributed by atoms with Crippen molar-refractivity contribution in [2.45, 2.75) is 31.8 Å². The molecule has 1 atom stereocenters. The van der Waals surface area contributed by atoms with Gasteiger partial charge in [0.2, 0.25) is 0 Å². The van der Waals surface area contributed by atoms with Crippen LogP contribution in [0.15, 0.2) is 12.1 Å². The highest BCUT2D eigenvalue weighted by molar-refractivity contribution is 5.92. The summed E-state index contributed by atoms with van der Waals surface area (Å²) < 4.78 is 5.59. The van der Waals surface area contributed by atoms with E-state index >= 15 is 0 Å². The summed E-state index contributed by atoms with van der Waals surface area (Å²) in [6, 6.07) is 3.18. The second-order valence-electron chi connectivity index (χ2n) is 4.48. The number of amides is 1. The molecular formula is C12H19N5O2. The van der Waals surface area contributed by atoms with E-state index in [1.54, 1.807) is 12.1 Å². The van der Waals surface area contributed by atoms with Gasteiger partial charge in [-0.3, -0.25) is 4.79 Å². The maximum atomic E-state index is 11.8. The number of nitrogens with one attached hydrogen (secondary N) is 2. The van der Waals surface area contributed by atoms with Crippen LogP contribution in [-0.4, -0.2) is 35.4 Å². The molecule has 7 heteroatoms. The number of anilines is 1. The van der Waals surface area contributed by atoms with Gasteiger partial charge in [-0.2, -0.15) is 0 Å². The molecule has 104 valence electrons. The molecule has 2 rings (SSSR count). The third kappa shape index (κ3) is 4.15. The molecule has 0 saturated carbocycles. The van der Waals surface area contributed by atoms with E-state index in [0.717, 1.165) is 25.9 Å². The Morgan fingerprint density at radius 2 is 2.32 bits per heavy atom. The minimum Gasteiger partial charge on any atom is -0.378 e. The fourth-order valence-electron chi connectivity index (χ4n) is 2.00. The summed E-state index contributed by atoms with van der Waals surface area (Å²) in [6.45, 7) is 1.42. The number of nitrogens with two attached hydrogens (primary N) is 1. The number of nitrogens with zero attached hydrogens (tertiary/aromatic N) is 2. The molecule has 1 aliphatic rings. The maximum Gasteiger partial charge on any atom is 0.271 e. The van der Waals surface area contributed by atoms with Crippen LogP contribution in [0.4, 0.5) is 5.82 Å². The highest BCUT2D eigenvalue weighted by atomic mass is 16.5. The minimum atomic E-state index is -0.230. The summed E-state index contributed by atoms with van der Waals surface area (Å²) in [5.74, 6) is 5.37. The quantitative estimate of drug-likeness (QED) is 0.528. The number of hydrazine groups is 1. The second-order valence-corrected chi connectivity index (χ2v) is 4.48. The van der Waals surface area contributed by atoms with E-state index in [4.69, 9.17) is 10.6 Å². The Balaban J connectivity index is 1.73. The lowest BCUT2D eigenvalue weighted by Crippen LogP contribution is -2.30. The van der Waals surface area contributed by atoms with Gasteiger partial charge in [0.25, 0.3) is 5.91 Å². The molecule has 1 fully saturated rings. The van der Waals surface area contributed by atoms with Crippen molar-refractivity contribution < 1.29 is 9.53 Å². The first-order valence-corrected chi connectivity index (χ1v) is 6.50. The number of hydrogen-bond acceptors (Lipinski definition) is 6. The van der Waals surface area contributed by atoms with Crippen molar-refractivity contribution in [3.63, 3.8) is 0 Å². The van der Waals surface area contributed by atoms with Crippen molar-refractivity contribution in [3.8, 4) is 0 Å². The summed E-state index contributed by atoms with van der Waals surface area (Å²) >= 11 is 0. The average molecular weight is 265 g/mol. The molecule has 2 heterocycles. The average Bonchev–Trinajstić information content (AvgIpc) is 2.48. The molecule has 1 unspecified atom stereocenters. The number of rotatable bonds is 5. The Labute approximate surface area is 111 Å². The lowest BCUT2D eigenvalue weighted by molar-refractivity contribution is 0.0117. The molecule has 1 aliphatic heterocycles. The zero-order valence-corrected chi connectivity index (χ0v) is 10.8. The van der Waals surface area contributed by atoms with E-state index in [1.165, 1.54) is 6.42 Å². The summed E-state index contributed by atoms with van der Waals surface area (Å²) in [4.78, 5) is 11.8. The van der Waals surface area contributed by atoms with Crippen LogP contribution in [0.25, 0.3) is 0 Å². The third-order valence-corrected chi connectivity index (χ3v) is 3.07. The van der Waals surface area contributed by atoms with Gasteiger partial charge in [-0.25, -0.2) is 5.84 Å². The summed E-state index contributed by atoms with van der Waals surface area (Å²) in [5.41, 5.74) is 2.64. The second kappa shape index (κ2) is 7.01.